The van der Waals surface area contributed by atoms with Crippen LogP contribution in [0.1, 0.15) is 27.2 Å². The highest BCUT2D eigenvalue weighted by Gasteiger charge is 2.17. The van der Waals surface area contributed by atoms with E-state index in [0.29, 0.717) is 0 Å². The maximum atomic E-state index is 5.84. The van der Waals surface area contributed by atoms with Crippen molar-refractivity contribution >= 4 is 16.5 Å². The van der Waals surface area contributed by atoms with E-state index in [-0.39, 0.29) is 5.41 Å². The summed E-state index contributed by atoms with van der Waals surface area (Å²) in [6, 6.07) is 15.1. The minimum atomic E-state index is 0.206. The van der Waals surface area contributed by atoms with Gasteiger partial charge in [0.05, 0.1) is 0 Å². The minimum absolute atomic E-state index is 0.206. The van der Waals surface area contributed by atoms with Gasteiger partial charge in [-0.1, -0.05) is 50.2 Å². The van der Waals surface area contributed by atoms with Gasteiger partial charge in [-0.15, -0.1) is 0 Å². The maximum absolute atomic E-state index is 5.84. The second kappa shape index (κ2) is 6.27. The van der Waals surface area contributed by atoms with E-state index < -0.39 is 0 Å². The molecule has 0 aliphatic rings. The van der Waals surface area contributed by atoms with E-state index in [1.165, 1.54) is 16.5 Å². The lowest BCUT2D eigenvalue weighted by Crippen LogP contribution is -2.31. The SMILES string of the molecule is CCN(CCC(C)(C)CN)c1cccc2ccccc12. The van der Waals surface area contributed by atoms with E-state index in [2.05, 4.69) is 68.1 Å². The molecule has 0 saturated heterocycles. The van der Waals surface area contributed by atoms with Crippen molar-refractivity contribution < 1.29 is 0 Å². The summed E-state index contributed by atoms with van der Waals surface area (Å²) in [5.41, 5.74) is 7.38. The van der Waals surface area contributed by atoms with E-state index in [4.69, 9.17) is 5.73 Å². The lowest BCUT2D eigenvalue weighted by Gasteiger charge is -2.30. The molecule has 0 fully saturated rings. The van der Waals surface area contributed by atoms with Gasteiger partial charge in [-0.05, 0) is 36.8 Å². The third-order valence-corrected chi connectivity index (χ3v) is 4.10. The van der Waals surface area contributed by atoms with Crippen LogP contribution >= 0.6 is 0 Å². The average Bonchev–Trinajstić information content (AvgIpc) is 2.48. The van der Waals surface area contributed by atoms with Crippen LogP contribution in [-0.2, 0) is 0 Å². The third kappa shape index (κ3) is 3.31. The van der Waals surface area contributed by atoms with Crippen LogP contribution in [0.25, 0.3) is 10.8 Å². The summed E-state index contributed by atoms with van der Waals surface area (Å²) < 4.78 is 0. The molecule has 0 saturated carbocycles. The van der Waals surface area contributed by atoms with Crippen molar-refractivity contribution in [3.8, 4) is 0 Å². The van der Waals surface area contributed by atoms with Crippen LogP contribution in [0.15, 0.2) is 42.5 Å². The van der Waals surface area contributed by atoms with E-state index in [1.54, 1.807) is 0 Å². The van der Waals surface area contributed by atoms with Gasteiger partial charge in [0, 0.05) is 24.2 Å². The van der Waals surface area contributed by atoms with Gasteiger partial charge in [-0.25, -0.2) is 0 Å². The number of benzene rings is 2. The molecular weight excluding hydrogens is 244 g/mol. The van der Waals surface area contributed by atoms with Crippen LogP contribution in [0, 0.1) is 5.41 Å². The van der Waals surface area contributed by atoms with E-state index in [0.717, 1.165) is 26.1 Å². The van der Waals surface area contributed by atoms with E-state index in [9.17, 15) is 0 Å². The van der Waals surface area contributed by atoms with Crippen molar-refractivity contribution in [3.63, 3.8) is 0 Å². The Balaban J connectivity index is 2.26. The zero-order valence-corrected chi connectivity index (χ0v) is 12.9. The van der Waals surface area contributed by atoms with Crippen LogP contribution in [-0.4, -0.2) is 19.6 Å². The second-order valence-corrected chi connectivity index (χ2v) is 6.20. The molecule has 2 aromatic carbocycles. The summed E-state index contributed by atoms with van der Waals surface area (Å²) in [4.78, 5) is 2.46. The molecule has 0 atom stereocenters. The average molecular weight is 270 g/mol. The van der Waals surface area contributed by atoms with Crippen LogP contribution < -0.4 is 10.6 Å². The smallest absolute Gasteiger partial charge is 0.0445 e. The summed E-state index contributed by atoms with van der Waals surface area (Å²) in [6.45, 7) is 9.51. The standard InChI is InChI=1S/C18H26N2/c1-4-20(13-12-18(2,3)14-19)17-11-7-9-15-8-5-6-10-16(15)17/h5-11H,4,12-14,19H2,1-3H3. The molecule has 2 nitrogen and oxygen atoms in total. The Morgan fingerprint density at radius 1 is 1.05 bits per heavy atom. The minimum Gasteiger partial charge on any atom is -0.371 e. The molecule has 0 amide bonds. The highest BCUT2D eigenvalue weighted by Crippen LogP contribution is 2.28. The van der Waals surface area contributed by atoms with Gasteiger partial charge in [0.1, 0.15) is 0 Å². The molecule has 0 bridgehead atoms. The number of fused-ring (bicyclic) bond motifs is 1. The fourth-order valence-electron chi connectivity index (χ4n) is 2.47. The summed E-state index contributed by atoms with van der Waals surface area (Å²) >= 11 is 0. The fraction of sp³-hybridized carbons (Fsp3) is 0.444. The molecule has 0 aliphatic heterocycles. The van der Waals surface area contributed by atoms with E-state index in [1.807, 2.05) is 0 Å². The Kier molecular flexibility index (Phi) is 4.66. The van der Waals surface area contributed by atoms with Crippen LogP contribution in [0.3, 0.4) is 0 Å². The largest absolute Gasteiger partial charge is 0.371 e. The van der Waals surface area contributed by atoms with Gasteiger partial charge >= 0.3 is 0 Å². The summed E-state index contributed by atoms with van der Waals surface area (Å²) in [6.07, 6.45) is 1.11. The van der Waals surface area contributed by atoms with E-state index >= 15 is 0 Å². The zero-order chi connectivity index (χ0) is 14.6. The Labute approximate surface area is 122 Å². The van der Waals surface area contributed by atoms with Crippen molar-refractivity contribution in [1.29, 1.82) is 0 Å². The Morgan fingerprint density at radius 3 is 2.45 bits per heavy atom. The summed E-state index contributed by atoms with van der Waals surface area (Å²) in [5.74, 6) is 0. The number of hydrogen-bond acceptors (Lipinski definition) is 2. The van der Waals surface area contributed by atoms with Crippen LogP contribution in [0.4, 0.5) is 5.69 Å². The lowest BCUT2D eigenvalue weighted by molar-refractivity contribution is 0.350. The zero-order valence-electron chi connectivity index (χ0n) is 12.9. The first-order valence-corrected chi connectivity index (χ1v) is 7.50. The monoisotopic (exact) mass is 270 g/mol. The van der Waals surface area contributed by atoms with Gasteiger partial charge in [0.25, 0.3) is 0 Å². The van der Waals surface area contributed by atoms with Crippen molar-refractivity contribution in [2.24, 2.45) is 11.1 Å². The first-order chi connectivity index (χ1) is 9.57. The number of anilines is 1. The van der Waals surface area contributed by atoms with Gasteiger partial charge in [-0.3, -0.25) is 0 Å². The summed E-state index contributed by atoms with van der Waals surface area (Å²) in [7, 11) is 0. The Morgan fingerprint density at radius 2 is 1.75 bits per heavy atom. The highest BCUT2D eigenvalue weighted by molar-refractivity contribution is 5.94. The van der Waals surface area contributed by atoms with Gasteiger partial charge in [0.15, 0.2) is 0 Å². The van der Waals surface area contributed by atoms with Crippen molar-refractivity contribution in [2.45, 2.75) is 27.2 Å². The molecule has 20 heavy (non-hydrogen) atoms. The fourth-order valence-corrected chi connectivity index (χ4v) is 2.47. The van der Waals surface area contributed by atoms with Crippen molar-refractivity contribution in [3.05, 3.63) is 42.5 Å². The molecule has 0 unspecified atom stereocenters. The van der Waals surface area contributed by atoms with Gasteiger partial charge < -0.3 is 10.6 Å². The normalized spacial score (nSPS) is 11.8. The lowest BCUT2D eigenvalue weighted by atomic mass is 9.89. The van der Waals surface area contributed by atoms with Crippen LogP contribution in [0.5, 0.6) is 0 Å². The number of nitrogens with two attached hydrogens (primary N) is 1. The second-order valence-electron chi connectivity index (χ2n) is 6.20. The van der Waals surface area contributed by atoms with Gasteiger partial charge in [0.2, 0.25) is 0 Å². The maximum Gasteiger partial charge on any atom is 0.0445 e. The molecule has 2 heteroatoms. The number of hydrogen-bond donors (Lipinski definition) is 1. The molecule has 0 radical (unpaired) electrons. The molecule has 0 aliphatic carbocycles. The number of nitrogens with zero attached hydrogens (tertiary/aromatic N) is 1. The summed E-state index contributed by atoms with van der Waals surface area (Å²) in [5, 5.41) is 2.64. The predicted molar refractivity (Wildman–Crippen MR) is 89.3 cm³/mol. The quantitative estimate of drug-likeness (QED) is 0.858. The first-order valence-electron chi connectivity index (χ1n) is 7.50. The van der Waals surface area contributed by atoms with Crippen molar-refractivity contribution in [1.82, 2.24) is 0 Å². The molecule has 0 spiro atoms. The molecule has 2 rings (SSSR count). The molecule has 0 aromatic heterocycles. The molecule has 2 N–H and O–H groups in total. The molecule has 0 heterocycles. The highest BCUT2D eigenvalue weighted by atomic mass is 15.1. The molecule has 2 aromatic rings. The first kappa shape index (κ1) is 14.9. The Hall–Kier alpha value is -1.54. The predicted octanol–water partition coefficient (Wildman–Crippen LogP) is 4.04. The molecule has 108 valence electrons. The van der Waals surface area contributed by atoms with Gasteiger partial charge in [-0.2, -0.15) is 0 Å². The molecular formula is C18H26N2. The van der Waals surface area contributed by atoms with Crippen LogP contribution in [0.2, 0.25) is 0 Å². The topological polar surface area (TPSA) is 29.3 Å². The third-order valence-electron chi connectivity index (χ3n) is 4.10. The Bertz CT molecular complexity index is 555. The number of rotatable bonds is 6. The van der Waals surface area contributed by atoms with Crippen molar-refractivity contribution in [2.75, 3.05) is 24.5 Å².